The molecule has 122 valence electrons. The number of ether oxygens (including phenoxy) is 1. The van der Waals surface area contributed by atoms with Crippen LogP contribution in [0.5, 0.6) is 0 Å². The summed E-state index contributed by atoms with van der Waals surface area (Å²) in [7, 11) is 1.32. The van der Waals surface area contributed by atoms with Crippen LogP contribution in [0.2, 0.25) is 0 Å². The molecule has 0 aliphatic carbocycles. The van der Waals surface area contributed by atoms with Gasteiger partial charge in [-0.15, -0.1) is 0 Å². The van der Waals surface area contributed by atoms with Crippen LogP contribution in [-0.4, -0.2) is 25.5 Å². The van der Waals surface area contributed by atoms with Gasteiger partial charge in [0.2, 0.25) is 5.91 Å². The maximum Gasteiger partial charge on any atom is 0.337 e. The van der Waals surface area contributed by atoms with Crippen molar-refractivity contribution in [2.24, 2.45) is 0 Å². The third-order valence-corrected chi connectivity index (χ3v) is 3.47. The Balaban J connectivity index is 1.96. The van der Waals surface area contributed by atoms with Crippen molar-refractivity contribution in [2.45, 2.75) is 19.9 Å². The lowest BCUT2D eigenvalue weighted by atomic mass is 10.1. The minimum Gasteiger partial charge on any atom is -0.468 e. The van der Waals surface area contributed by atoms with E-state index in [1.807, 2.05) is 19.9 Å². The van der Waals surface area contributed by atoms with Crippen LogP contribution in [0, 0.1) is 6.92 Å². The summed E-state index contributed by atoms with van der Waals surface area (Å²) < 4.78 is 9.96. The molecule has 0 radical (unpaired) electrons. The second kappa shape index (κ2) is 7.60. The number of hydrogen-bond acceptors (Lipinski definition) is 5. The number of anilines is 1. The molecule has 2 aromatic rings. The number of rotatable bonds is 6. The Labute approximate surface area is 134 Å². The van der Waals surface area contributed by atoms with E-state index < -0.39 is 5.97 Å². The predicted molar refractivity (Wildman–Crippen MR) is 86.3 cm³/mol. The zero-order valence-electron chi connectivity index (χ0n) is 13.4. The van der Waals surface area contributed by atoms with Gasteiger partial charge in [0.15, 0.2) is 0 Å². The molecule has 0 bridgehead atoms. The second-order valence-electron chi connectivity index (χ2n) is 5.19. The Kier molecular flexibility index (Phi) is 5.54. The van der Waals surface area contributed by atoms with Crippen molar-refractivity contribution < 1.29 is 18.7 Å². The highest BCUT2D eigenvalue weighted by molar-refractivity contribution is 5.96. The lowest BCUT2D eigenvalue weighted by molar-refractivity contribution is -0.115. The van der Waals surface area contributed by atoms with Crippen molar-refractivity contribution in [2.75, 3.05) is 19.0 Å². The van der Waals surface area contributed by atoms with Crippen LogP contribution < -0.4 is 10.6 Å². The Hall–Kier alpha value is -2.60. The van der Waals surface area contributed by atoms with Crippen LogP contribution in [0.4, 0.5) is 5.69 Å². The first-order valence-corrected chi connectivity index (χ1v) is 7.27. The molecule has 0 fully saturated rings. The summed E-state index contributed by atoms with van der Waals surface area (Å²) in [5.41, 5.74) is 1.85. The molecule has 0 saturated carbocycles. The lowest BCUT2D eigenvalue weighted by Crippen LogP contribution is -2.30. The number of esters is 1. The van der Waals surface area contributed by atoms with Gasteiger partial charge < -0.3 is 14.5 Å². The third-order valence-electron chi connectivity index (χ3n) is 3.47. The van der Waals surface area contributed by atoms with Crippen LogP contribution in [0.15, 0.2) is 41.0 Å². The van der Waals surface area contributed by atoms with Crippen molar-refractivity contribution in [1.82, 2.24) is 5.32 Å². The lowest BCUT2D eigenvalue weighted by Gasteiger charge is -2.13. The SMILES string of the molecule is COC(=O)c1ccc(C)c(NC(=O)CN[C@H](C)c2ccco2)c1. The number of carbonyl (C=O) groups is 2. The topological polar surface area (TPSA) is 80.6 Å². The minimum absolute atomic E-state index is 0.0711. The Morgan fingerprint density at radius 2 is 2.09 bits per heavy atom. The summed E-state index contributed by atoms with van der Waals surface area (Å²) in [4.78, 5) is 23.6. The first-order chi connectivity index (χ1) is 11.0. The molecular formula is C17H20N2O4. The van der Waals surface area contributed by atoms with Gasteiger partial charge in [0.05, 0.1) is 31.5 Å². The molecule has 0 aliphatic heterocycles. The summed E-state index contributed by atoms with van der Waals surface area (Å²) in [6.45, 7) is 3.90. The number of carbonyl (C=O) groups excluding carboxylic acids is 2. The normalized spacial score (nSPS) is 11.8. The molecule has 1 aromatic heterocycles. The molecule has 1 heterocycles. The maximum atomic E-state index is 12.1. The van der Waals surface area contributed by atoms with Gasteiger partial charge in [0.25, 0.3) is 0 Å². The molecule has 0 unspecified atom stereocenters. The monoisotopic (exact) mass is 316 g/mol. The van der Waals surface area contributed by atoms with E-state index in [1.165, 1.54) is 7.11 Å². The van der Waals surface area contributed by atoms with Gasteiger partial charge in [0.1, 0.15) is 5.76 Å². The molecular weight excluding hydrogens is 296 g/mol. The van der Waals surface area contributed by atoms with Crippen LogP contribution in [0.1, 0.15) is 34.6 Å². The van der Waals surface area contributed by atoms with E-state index in [4.69, 9.17) is 4.42 Å². The van der Waals surface area contributed by atoms with E-state index in [1.54, 1.807) is 30.5 Å². The van der Waals surface area contributed by atoms with Crippen LogP contribution >= 0.6 is 0 Å². The first-order valence-electron chi connectivity index (χ1n) is 7.27. The van der Waals surface area contributed by atoms with Crippen molar-refractivity contribution in [3.05, 3.63) is 53.5 Å². The summed E-state index contributed by atoms with van der Waals surface area (Å²) in [5.74, 6) is 0.125. The van der Waals surface area contributed by atoms with Gasteiger partial charge in [-0.2, -0.15) is 0 Å². The van der Waals surface area contributed by atoms with Crippen molar-refractivity contribution >= 4 is 17.6 Å². The van der Waals surface area contributed by atoms with Gasteiger partial charge >= 0.3 is 5.97 Å². The van der Waals surface area contributed by atoms with Gasteiger partial charge in [-0.3, -0.25) is 10.1 Å². The highest BCUT2D eigenvalue weighted by atomic mass is 16.5. The Bertz CT molecular complexity index is 680. The molecule has 6 nitrogen and oxygen atoms in total. The summed E-state index contributed by atoms with van der Waals surface area (Å²) >= 11 is 0. The molecule has 2 N–H and O–H groups in total. The predicted octanol–water partition coefficient (Wildman–Crippen LogP) is 2.66. The number of methoxy groups -OCH3 is 1. The second-order valence-corrected chi connectivity index (χ2v) is 5.19. The molecule has 1 atom stereocenters. The van der Waals surface area contributed by atoms with Gasteiger partial charge in [0, 0.05) is 5.69 Å². The Morgan fingerprint density at radius 1 is 1.30 bits per heavy atom. The smallest absolute Gasteiger partial charge is 0.337 e. The van der Waals surface area contributed by atoms with E-state index >= 15 is 0 Å². The fourth-order valence-corrected chi connectivity index (χ4v) is 2.08. The van der Waals surface area contributed by atoms with Gasteiger partial charge in [-0.05, 0) is 43.7 Å². The molecule has 6 heteroatoms. The first kappa shape index (κ1) is 16.8. The number of hydrogen-bond donors (Lipinski definition) is 2. The van der Waals surface area contributed by atoms with E-state index in [0.29, 0.717) is 11.3 Å². The molecule has 23 heavy (non-hydrogen) atoms. The molecule has 1 aromatic carbocycles. The standard InChI is InChI=1S/C17H20N2O4/c1-11-6-7-13(17(21)22-3)9-14(11)19-16(20)10-18-12(2)15-5-4-8-23-15/h4-9,12,18H,10H2,1-3H3,(H,19,20)/t12-/m1/s1. The fraction of sp³-hybridized carbons (Fsp3) is 0.294. The molecule has 1 amide bonds. The average Bonchev–Trinajstić information content (AvgIpc) is 3.08. The van der Waals surface area contributed by atoms with Gasteiger partial charge in [-0.1, -0.05) is 6.07 Å². The zero-order valence-corrected chi connectivity index (χ0v) is 13.4. The summed E-state index contributed by atoms with van der Waals surface area (Å²) in [5, 5.41) is 5.87. The molecule has 0 aliphatic rings. The van der Waals surface area contributed by atoms with Gasteiger partial charge in [-0.25, -0.2) is 4.79 Å². The highest BCUT2D eigenvalue weighted by Crippen LogP contribution is 2.17. The van der Waals surface area contributed by atoms with Crippen LogP contribution in [0.3, 0.4) is 0 Å². The van der Waals surface area contributed by atoms with E-state index in [2.05, 4.69) is 15.4 Å². The molecule has 2 rings (SSSR count). The van der Waals surface area contributed by atoms with Crippen molar-refractivity contribution in [3.8, 4) is 0 Å². The molecule has 0 saturated heterocycles. The number of aryl methyl sites for hydroxylation is 1. The number of benzene rings is 1. The van der Waals surface area contributed by atoms with E-state index in [-0.39, 0.29) is 18.5 Å². The number of amides is 1. The molecule has 0 spiro atoms. The summed E-state index contributed by atoms with van der Waals surface area (Å²) in [6, 6.07) is 8.61. The maximum absolute atomic E-state index is 12.1. The van der Waals surface area contributed by atoms with Crippen molar-refractivity contribution in [1.29, 1.82) is 0 Å². The van der Waals surface area contributed by atoms with Crippen molar-refractivity contribution in [3.63, 3.8) is 0 Å². The van der Waals surface area contributed by atoms with Crippen LogP contribution in [-0.2, 0) is 9.53 Å². The largest absolute Gasteiger partial charge is 0.468 e. The third kappa shape index (κ3) is 4.43. The van der Waals surface area contributed by atoms with E-state index in [0.717, 1.165) is 11.3 Å². The Morgan fingerprint density at radius 3 is 2.74 bits per heavy atom. The van der Waals surface area contributed by atoms with E-state index in [9.17, 15) is 9.59 Å². The minimum atomic E-state index is -0.440. The fourth-order valence-electron chi connectivity index (χ4n) is 2.08. The summed E-state index contributed by atoms with van der Waals surface area (Å²) in [6.07, 6.45) is 1.59. The highest BCUT2D eigenvalue weighted by Gasteiger charge is 2.12. The number of nitrogens with one attached hydrogen (secondary N) is 2. The average molecular weight is 316 g/mol. The van der Waals surface area contributed by atoms with Crippen LogP contribution in [0.25, 0.3) is 0 Å². The number of furan rings is 1. The quantitative estimate of drug-likeness (QED) is 0.801. The zero-order chi connectivity index (χ0) is 16.8.